The van der Waals surface area contributed by atoms with Gasteiger partial charge in [0.15, 0.2) is 5.65 Å². The van der Waals surface area contributed by atoms with Crippen LogP contribution < -0.4 is 15.1 Å². The van der Waals surface area contributed by atoms with E-state index in [1.807, 2.05) is 35.0 Å². The number of hydrogen-bond acceptors (Lipinski definition) is 8. The van der Waals surface area contributed by atoms with Crippen molar-refractivity contribution in [1.82, 2.24) is 34.7 Å². The number of halogens is 2. The molecule has 2 aromatic carbocycles. The van der Waals surface area contributed by atoms with E-state index in [2.05, 4.69) is 77.1 Å². The van der Waals surface area contributed by atoms with Gasteiger partial charge in [-0.05, 0) is 111 Å². The van der Waals surface area contributed by atoms with E-state index in [9.17, 15) is 9.18 Å². The highest BCUT2D eigenvalue weighted by atomic mass is 79.9. The van der Waals surface area contributed by atoms with Crippen LogP contribution in [0.1, 0.15) is 71.6 Å². The third-order valence-corrected chi connectivity index (χ3v) is 12.5. The highest BCUT2D eigenvalue weighted by molar-refractivity contribution is 9.10. The Labute approximate surface area is 318 Å². The molecule has 3 saturated heterocycles. The van der Waals surface area contributed by atoms with E-state index in [1.165, 1.54) is 11.6 Å². The maximum atomic E-state index is 14.1. The van der Waals surface area contributed by atoms with Crippen LogP contribution in [0.15, 0.2) is 77.4 Å². The Bertz CT molecular complexity index is 2140. The normalized spacial score (nSPS) is 21.0. The number of carbonyl (C=O) groups is 1. The zero-order valence-corrected chi connectivity index (χ0v) is 31.7. The maximum Gasteiger partial charge on any atom is 0.254 e. The van der Waals surface area contributed by atoms with Crippen LogP contribution in [0.2, 0.25) is 0 Å². The number of fused-ring (bicyclic) bond motifs is 2. The van der Waals surface area contributed by atoms with Crippen LogP contribution in [0.25, 0.3) is 17.0 Å². The molecule has 10 nitrogen and oxygen atoms in total. The summed E-state index contributed by atoms with van der Waals surface area (Å²) in [4.78, 5) is 32.3. The van der Waals surface area contributed by atoms with Gasteiger partial charge in [0.1, 0.15) is 23.1 Å². The largest absolute Gasteiger partial charge is 0.356 e. The number of nitrogens with one attached hydrogen (secondary N) is 1. The van der Waals surface area contributed by atoms with Crippen LogP contribution in [0.4, 0.5) is 16.0 Å². The quantitative estimate of drug-likeness (QED) is 0.184. The number of pyridine rings is 1. The summed E-state index contributed by atoms with van der Waals surface area (Å²) >= 11 is 3.81. The Morgan fingerprint density at radius 3 is 2.64 bits per heavy atom. The van der Waals surface area contributed by atoms with E-state index in [4.69, 9.17) is 10.1 Å². The van der Waals surface area contributed by atoms with Crippen molar-refractivity contribution in [1.29, 1.82) is 0 Å². The molecule has 0 bridgehead atoms. The Kier molecular flexibility index (Phi) is 9.37. The van der Waals surface area contributed by atoms with E-state index in [0.29, 0.717) is 12.6 Å². The van der Waals surface area contributed by atoms with Crippen molar-refractivity contribution in [2.45, 2.75) is 69.7 Å². The molecule has 0 saturated carbocycles. The van der Waals surface area contributed by atoms with Gasteiger partial charge in [-0.15, -0.1) is 5.10 Å². The van der Waals surface area contributed by atoms with Gasteiger partial charge in [0, 0.05) is 61.4 Å². The van der Waals surface area contributed by atoms with E-state index in [0.717, 1.165) is 128 Å². The number of anilines is 2. The molecule has 53 heavy (non-hydrogen) atoms. The molecule has 7 heterocycles. The average Bonchev–Trinajstić information content (AvgIpc) is 3.93. The summed E-state index contributed by atoms with van der Waals surface area (Å²) in [5.74, 6) is 1.77. The lowest BCUT2D eigenvalue weighted by atomic mass is 10.0. The Balaban J connectivity index is 0.863. The van der Waals surface area contributed by atoms with Gasteiger partial charge in [0.25, 0.3) is 5.91 Å². The monoisotopic (exact) mass is 777 g/mol. The van der Waals surface area contributed by atoms with Crippen molar-refractivity contribution in [3.8, 4) is 11.4 Å². The number of amides is 1. The molecule has 5 aromatic rings. The van der Waals surface area contributed by atoms with Crippen LogP contribution in [0.5, 0.6) is 0 Å². The molecule has 1 N–H and O–H groups in total. The van der Waals surface area contributed by atoms with Gasteiger partial charge in [0.2, 0.25) is 0 Å². The van der Waals surface area contributed by atoms with Crippen molar-refractivity contribution in [2.75, 3.05) is 49.6 Å². The van der Waals surface area contributed by atoms with Crippen LogP contribution in [0, 0.1) is 5.82 Å². The van der Waals surface area contributed by atoms with Gasteiger partial charge in [-0.1, -0.05) is 40.2 Å². The third kappa shape index (κ3) is 6.70. The van der Waals surface area contributed by atoms with Crippen molar-refractivity contribution in [2.24, 2.45) is 0 Å². The molecule has 0 spiro atoms. The molecule has 1 unspecified atom stereocenters. The molecule has 3 fully saturated rings. The first kappa shape index (κ1) is 34.4. The number of imidazole rings is 1. The first-order valence-corrected chi connectivity index (χ1v) is 19.8. The summed E-state index contributed by atoms with van der Waals surface area (Å²) in [6, 6.07) is 22.2. The van der Waals surface area contributed by atoms with E-state index in [1.54, 1.807) is 12.1 Å². The molecule has 0 aliphatic carbocycles. The summed E-state index contributed by atoms with van der Waals surface area (Å²) in [5, 5.41) is 8.51. The second-order valence-corrected chi connectivity index (χ2v) is 15.9. The van der Waals surface area contributed by atoms with E-state index in [-0.39, 0.29) is 23.8 Å². The summed E-state index contributed by atoms with van der Waals surface area (Å²) in [5.41, 5.74) is 6.65. The summed E-state index contributed by atoms with van der Waals surface area (Å²) in [6.07, 6.45) is 8.10. The number of carbonyl (C=O) groups excluding carboxylic acids is 1. The Hall–Kier alpha value is -4.39. The second-order valence-electron chi connectivity index (χ2n) is 15.1. The predicted molar refractivity (Wildman–Crippen MR) is 209 cm³/mol. The third-order valence-electron chi connectivity index (χ3n) is 11.8. The number of benzene rings is 2. The fraction of sp³-hybridized carbons (Fsp3) is 0.415. The SMILES string of the molecule is CN(Cc1cc2c(cc1Br)C(=O)N(C1CCCNC1)C2)C1CCN(c2cccc(-c3cnc4ccc(N5CCC[C@@H]5c5cccc(F)c5)nn34)n2)CC1. The fourth-order valence-electron chi connectivity index (χ4n) is 8.89. The zero-order chi connectivity index (χ0) is 36.1. The van der Waals surface area contributed by atoms with Crippen LogP contribution in [-0.4, -0.2) is 87.1 Å². The topological polar surface area (TPSA) is 85.1 Å². The van der Waals surface area contributed by atoms with E-state index < -0.39 is 0 Å². The zero-order valence-electron chi connectivity index (χ0n) is 30.1. The number of hydrogen-bond donors (Lipinski definition) is 1. The first-order chi connectivity index (χ1) is 25.9. The Morgan fingerprint density at radius 2 is 1.81 bits per heavy atom. The number of nitrogens with zero attached hydrogens (tertiary/aromatic N) is 8. The minimum Gasteiger partial charge on any atom is -0.356 e. The van der Waals surface area contributed by atoms with Crippen LogP contribution in [-0.2, 0) is 13.1 Å². The highest BCUT2D eigenvalue weighted by Crippen LogP contribution is 2.36. The lowest BCUT2D eigenvalue weighted by Gasteiger charge is -2.37. The van der Waals surface area contributed by atoms with Gasteiger partial charge in [-0.3, -0.25) is 9.69 Å². The Morgan fingerprint density at radius 1 is 0.943 bits per heavy atom. The molecule has 4 aliphatic rings. The summed E-state index contributed by atoms with van der Waals surface area (Å²) in [6.45, 7) is 6.16. The van der Waals surface area contributed by atoms with E-state index >= 15 is 0 Å². The van der Waals surface area contributed by atoms with Gasteiger partial charge < -0.3 is 20.0 Å². The number of piperidine rings is 2. The maximum absolute atomic E-state index is 14.1. The lowest BCUT2D eigenvalue weighted by molar-refractivity contribution is 0.0674. The average molecular weight is 779 g/mol. The molecular formula is C41H45BrFN9O. The van der Waals surface area contributed by atoms with Crippen LogP contribution in [0.3, 0.4) is 0 Å². The standard InChI is InChI=1S/C41H45BrFN9O/c1-48(25-29-20-28-26-51(32-8-4-16-44-23-32)41(53)33(28)22-34(29)42)31-14-18-49(19-15-31)39-11-3-9-35(46-39)37-24-45-38-12-13-40(47-52(37)38)50-17-5-10-36(50)27-6-2-7-30(43)21-27/h2-3,6-7,9,11-13,20-22,24,31-32,36,44H,4-5,8,10,14-19,23,25-26H2,1H3/t32?,36-/m1/s1. The number of rotatable bonds is 8. The smallest absolute Gasteiger partial charge is 0.254 e. The minimum absolute atomic E-state index is 0.0847. The summed E-state index contributed by atoms with van der Waals surface area (Å²) in [7, 11) is 2.22. The molecule has 274 valence electrons. The molecule has 4 aliphatic heterocycles. The number of aromatic nitrogens is 4. The molecule has 0 radical (unpaired) electrons. The molecule has 12 heteroatoms. The highest BCUT2D eigenvalue weighted by Gasteiger charge is 2.34. The molecular weight excluding hydrogens is 733 g/mol. The molecule has 1 amide bonds. The van der Waals surface area contributed by atoms with Gasteiger partial charge in [0.05, 0.1) is 17.9 Å². The molecule has 2 atom stereocenters. The summed E-state index contributed by atoms with van der Waals surface area (Å²) < 4.78 is 17.0. The van der Waals surface area contributed by atoms with Gasteiger partial charge in [-0.2, -0.15) is 0 Å². The second kappa shape index (κ2) is 14.4. The first-order valence-electron chi connectivity index (χ1n) is 19.0. The molecule has 3 aromatic heterocycles. The van der Waals surface area contributed by atoms with Crippen LogP contribution >= 0.6 is 15.9 Å². The van der Waals surface area contributed by atoms with Gasteiger partial charge >= 0.3 is 0 Å². The molecule has 9 rings (SSSR count). The van der Waals surface area contributed by atoms with Crippen molar-refractivity contribution in [3.63, 3.8) is 0 Å². The van der Waals surface area contributed by atoms with Gasteiger partial charge in [-0.25, -0.2) is 18.9 Å². The van der Waals surface area contributed by atoms with Crippen molar-refractivity contribution < 1.29 is 9.18 Å². The van der Waals surface area contributed by atoms with Crippen molar-refractivity contribution in [3.05, 3.63) is 105 Å². The minimum atomic E-state index is -0.209. The predicted octanol–water partition coefficient (Wildman–Crippen LogP) is 6.84. The fourth-order valence-corrected chi connectivity index (χ4v) is 9.36. The van der Waals surface area contributed by atoms with Crippen molar-refractivity contribution >= 4 is 39.1 Å². The lowest BCUT2D eigenvalue weighted by Crippen LogP contribution is -2.46.